The zero-order valence-electron chi connectivity index (χ0n) is 11.3. The van der Waals surface area contributed by atoms with Gasteiger partial charge in [-0.2, -0.15) is 0 Å². The Bertz CT molecular complexity index is 191. The summed E-state index contributed by atoms with van der Waals surface area (Å²) in [6.45, 7) is 11.6. The lowest BCUT2D eigenvalue weighted by atomic mass is 10.1. The Morgan fingerprint density at radius 1 is 1.38 bits per heavy atom. The van der Waals surface area contributed by atoms with Crippen molar-refractivity contribution in [2.75, 3.05) is 19.6 Å². The molecule has 0 aromatic carbocycles. The SMILES string of the molecule is CCCCN=C(NN)N(CC)CC(C)CC. The van der Waals surface area contributed by atoms with Gasteiger partial charge in [0.25, 0.3) is 0 Å². The first-order valence-electron chi connectivity index (χ1n) is 6.45. The van der Waals surface area contributed by atoms with Crippen LogP contribution in [0.3, 0.4) is 0 Å². The fourth-order valence-corrected chi connectivity index (χ4v) is 1.45. The predicted molar refractivity (Wildman–Crippen MR) is 71.2 cm³/mol. The topological polar surface area (TPSA) is 53.6 Å². The zero-order valence-corrected chi connectivity index (χ0v) is 11.3. The minimum absolute atomic E-state index is 0.671. The normalized spacial score (nSPS) is 13.7. The van der Waals surface area contributed by atoms with Gasteiger partial charge in [0.2, 0.25) is 5.96 Å². The first-order chi connectivity index (χ1) is 7.69. The van der Waals surface area contributed by atoms with E-state index < -0.39 is 0 Å². The molecule has 1 atom stereocenters. The maximum Gasteiger partial charge on any atom is 0.208 e. The molecule has 0 bridgehead atoms. The van der Waals surface area contributed by atoms with Crippen LogP contribution >= 0.6 is 0 Å². The van der Waals surface area contributed by atoms with Crippen molar-refractivity contribution in [2.24, 2.45) is 16.8 Å². The Labute approximate surface area is 100 Å². The molecule has 1 unspecified atom stereocenters. The second-order valence-corrected chi connectivity index (χ2v) is 4.26. The molecule has 0 amide bonds. The molecule has 4 heteroatoms. The molecule has 0 aromatic rings. The molecule has 0 aliphatic carbocycles. The highest BCUT2D eigenvalue weighted by atomic mass is 15.4. The lowest BCUT2D eigenvalue weighted by Crippen LogP contribution is -2.46. The van der Waals surface area contributed by atoms with E-state index in [-0.39, 0.29) is 0 Å². The van der Waals surface area contributed by atoms with Crippen molar-refractivity contribution in [3.63, 3.8) is 0 Å². The Balaban J connectivity index is 4.31. The Kier molecular flexibility index (Phi) is 9.00. The van der Waals surface area contributed by atoms with Crippen LogP contribution in [0.1, 0.15) is 47.0 Å². The third-order valence-electron chi connectivity index (χ3n) is 2.81. The summed E-state index contributed by atoms with van der Waals surface area (Å²) in [6, 6.07) is 0. The van der Waals surface area contributed by atoms with Gasteiger partial charge in [-0.15, -0.1) is 0 Å². The molecule has 0 fully saturated rings. The van der Waals surface area contributed by atoms with Crippen LogP contribution in [-0.4, -0.2) is 30.5 Å². The molecule has 0 rings (SSSR count). The van der Waals surface area contributed by atoms with Crippen molar-refractivity contribution in [1.29, 1.82) is 0 Å². The maximum atomic E-state index is 5.53. The van der Waals surface area contributed by atoms with Gasteiger partial charge in [-0.25, -0.2) is 5.84 Å². The van der Waals surface area contributed by atoms with Crippen molar-refractivity contribution in [2.45, 2.75) is 47.0 Å². The van der Waals surface area contributed by atoms with Gasteiger partial charge in [0, 0.05) is 19.6 Å². The van der Waals surface area contributed by atoms with Crippen LogP contribution in [0.15, 0.2) is 4.99 Å². The van der Waals surface area contributed by atoms with Gasteiger partial charge in [0.15, 0.2) is 0 Å². The van der Waals surface area contributed by atoms with E-state index in [2.05, 4.69) is 43.0 Å². The molecular weight excluding hydrogens is 200 g/mol. The largest absolute Gasteiger partial charge is 0.342 e. The van der Waals surface area contributed by atoms with Gasteiger partial charge >= 0.3 is 0 Å². The summed E-state index contributed by atoms with van der Waals surface area (Å²) in [5, 5.41) is 0. The van der Waals surface area contributed by atoms with E-state index in [9.17, 15) is 0 Å². The number of guanidine groups is 1. The second kappa shape index (κ2) is 9.46. The summed E-state index contributed by atoms with van der Waals surface area (Å²) < 4.78 is 0. The molecule has 3 N–H and O–H groups in total. The summed E-state index contributed by atoms with van der Waals surface area (Å²) in [5.41, 5.74) is 2.72. The number of hydrogen-bond acceptors (Lipinski definition) is 2. The molecule has 0 heterocycles. The third kappa shape index (κ3) is 5.95. The Hall–Kier alpha value is -0.770. The number of rotatable bonds is 7. The summed E-state index contributed by atoms with van der Waals surface area (Å²) >= 11 is 0. The highest BCUT2D eigenvalue weighted by Gasteiger charge is 2.10. The van der Waals surface area contributed by atoms with Crippen molar-refractivity contribution in [1.82, 2.24) is 10.3 Å². The van der Waals surface area contributed by atoms with Gasteiger partial charge in [-0.05, 0) is 19.3 Å². The van der Waals surface area contributed by atoms with E-state index in [1.165, 1.54) is 12.8 Å². The number of unbranched alkanes of at least 4 members (excludes halogenated alkanes) is 1. The minimum atomic E-state index is 0.671. The van der Waals surface area contributed by atoms with E-state index in [1.807, 2.05) is 0 Å². The Morgan fingerprint density at radius 3 is 2.50 bits per heavy atom. The lowest BCUT2D eigenvalue weighted by Gasteiger charge is -2.26. The number of nitrogens with one attached hydrogen (secondary N) is 1. The van der Waals surface area contributed by atoms with E-state index in [0.29, 0.717) is 5.92 Å². The van der Waals surface area contributed by atoms with E-state index in [4.69, 9.17) is 5.84 Å². The zero-order chi connectivity index (χ0) is 12.4. The molecule has 16 heavy (non-hydrogen) atoms. The molecule has 0 spiro atoms. The van der Waals surface area contributed by atoms with E-state index >= 15 is 0 Å². The van der Waals surface area contributed by atoms with Gasteiger partial charge in [0.1, 0.15) is 0 Å². The Morgan fingerprint density at radius 2 is 2.06 bits per heavy atom. The summed E-state index contributed by atoms with van der Waals surface area (Å²) in [5.74, 6) is 7.03. The summed E-state index contributed by atoms with van der Waals surface area (Å²) in [6.07, 6.45) is 3.47. The highest BCUT2D eigenvalue weighted by Crippen LogP contribution is 2.04. The molecule has 4 nitrogen and oxygen atoms in total. The van der Waals surface area contributed by atoms with Gasteiger partial charge in [-0.3, -0.25) is 10.4 Å². The average Bonchev–Trinajstić information content (AvgIpc) is 2.32. The first kappa shape index (κ1) is 15.2. The van der Waals surface area contributed by atoms with Crippen LogP contribution < -0.4 is 11.3 Å². The highest BCUT2D eigenvalue weighted by molar-refractivity contribution is 5.79. The minimum Gasteiger partial charge on any atom is -0.342 e. The van der Waals surface area contributed by atoms with Crippen LogP contribution in [-0.2, 0) is 0 Å². The number of nitrogens with zero attached hydrogens (tertiary/aromatic N) is 2. The number of hydrazine groups is 1. The fourth-order valence-electron chi connectivity index (χ4n) is 1.45. The molecule has 0 saturated carbocycles. The molecule has 0 radical (unpaired) electrons. The van der Waals surface area contributed by atoms with Crippen molar-refractivity contribution in [3.8, 4) is 0 Å². The molecular formula is C12H28N4. The molecule has 0 aliphatic rings. The van der Waals surface area contributed by atoms with Gasteiger partial charge in [0.05, 0.1) is 0 Å². The van der Waals surface area contributed by atoms with Crippen LogP contribution in [0.2, 0.25) is 0 Å². The van der Waals surface area contributed by atoms with E-state index in [0.717, 1.165) is 32.0 Å². The van der Waals surface area contributed by atoms with E-state index in [1.54, 1.807) is 0 Å². The lowest BCUT2D eigenvalue weighted by molar-refractivity contribution is 0.348. The van der Waals surface area contributed by atoms with Crippen LogP contribution in [0, 0.1) is 5.92 Å². The fraction of sp³-hybridized carbons (Fsp3) is 0.917. The standard InChI is InChI=1S/C12H28N4/c1-5-8-9-14-12(15-13)16(7-3)10-11(4)6-2/h11H,5-10,13H2,1-4H3,(H,14,15). The van der Waals surface area contributed by atoms with Crippen molar-refractivity contribution >= 4 is 5.96 Å². The quantitative estimate of drug-likeness (QED) is 0.230. The van der Waals surface area contributed by atoms with Gasteiger partial charge in [-0.1, -0.05) is 33.6 Å². The molecule has 0 saturated heterocycles. The van der Waals surface area contributed by atoms with Crippen LogP contribution in [0.4, 0.5) is 0 Å². The third-order valence-corrected chi connectivity index (χ3v) is 2.81. The summed E-state index contributed by atoms with van der Waals surface area (Å²) in [7, 11) is 0. The van der Waals surface area contributed by atoms with Crippen molar-refractivity contribution in [3.05, 3.63) is 0 Å². The average molecular weight is 228 g/mol. The predicted octanol–water partition coefficient (Wildman–Crippen LogP) is 1.97. The molecule has 96 valence electrons. The van der Waals surface area contributed by atoms with Crippen LogP contribution in [0.25, 0.3) is 0 Å². The molecule has 0 aromatic heterocycles. The van der Waals surface area contributed by atoms with Crippen LogP contribution in [0.5, 0.6) is 0 Å². The number of nitrogens with two attached hydrogens (primary N) is 1. The smallest absolute Gasteiger partial charge is 0.208 e. The number of aliphatic imine (C=N–C) groups is 1. The summed E-state index contributed by atoms with van der Waals surface area (Å²) in [4.78, 5) is 6.71. The first-order valence-corrected chi connectivity index (χ1v) is 6.45. The maximum absolute atomic E-state index is 5.53. The van der Waals surface area contributed by atoms with Gasteiger partial charge < -0.3 is 4.90 Å². The second-order valence-electron chi connectivity index (χ2n) is 4.26. The molecule has 0 aliphatic heterocycles. The van der Waals surface area contributed by atoms with Crippen molar-refractivity contribution < 1.29 is 0 Å². The monoisotopic (exact) mass is 228 g/mol. The number of hydrogen-bond donors (Lipinski definition) is 2.